The highest BCUT2D eigenvalue weighted by Gasteiger charge is 2.36. The summed E-state index contributed by atoms with van der Waals surface area (Å²) in [5, 5.41) is 23.3. The molecule has 0 atom stereocenters. The summed E-state index contributed by atoms with van der Waals surface area (Å²) in [4.78, 5) is 29.0. The summed E-state index contributed by atoms with van der Waals surface area (Å²) in [5.74, 6) is 0.308. The quantitative estimate of drug-likeness (QED) is 0.339. The molecule has 6 nitrogen and oxygen atoms in total. The van der Waals surface area contributed by atoms with Crippen LogP contribution in [0.25, 0.3) is 0 Å². The molecule has 4 rings (SSSR count). The lowest BCUT2D eigenvalue weighted by molar-refractivity contribution is -0.136. The second-order valence-corrected chi connectivity index (χ2v) is 12.0. The van der Waals surface area contributed by atoms with E-state index < -0.39 is 11.2 Å². The van der Waals surface area contributed by atoms with E-state index in [1.54, 1.807) is 24.3 Å². The Labute approximate surface area is 241 Å². The number of benzene rings is 2. The minimum Gasteiger partial charge on any atom is -0.385 e. The fourth-order valence-electron chi connectivity index (χ4n) is 5.78. The first-order valence-corrected chi connectivity index (χ1v) is 15.0. The van der Waals surface area contributed by atoms with Crippen LogP contribution in [0.3, 0.4) is 0 Å². The van der Waals surface area contributed by atoms with E-state index in [9.17, 15) is 19.8 Å². The maximum Gasteiger partial charge on any atom is 0.222 e. The van der Waals surface area contributed by atoms with Gasteiger partial charge in [0.2, 0.25) is 11.8 Å². The van der Waals surface area contributed by atoms with Crippen molar-refractivity contribution in [3.8, 4) is 0 Å². The zero-order valence-electron chi connectivity index (χ0n) is 22.6. The third kappa shape index (κ3) is 7.97. The van der Waals surface area contributed by atoms with E-state index in [-0.39, 0.29) is 11.8 Å². The average Bonchev–Trinajstić information content (AvgIpc) is 2.93. The van der Waals surface area contributed by atoms with Crippen LogP contribution in [0.2, 0.25) is 10.0 Å². The lowest BCUT2D eigenvalue weighted by atomic mass is 9.84. The molecule has 39 heavy (non-hydrogen) atoms. The Kier molecular flexibility index (Phi) is 10.3. The predicted molar refractivity (Wildman–Crippen MR) is 155 cm³/mol. The first-order valence-electron chi connectivity index (χ1n) is 14.2. The van der Waals surface area contributed by atoms with Crippen molar-refractivity contribution in [2.75, 3.05) is 26.2 Å². The Morgan fingerprint density at radius 1 is 0.641 bits per heavy atom. The Balaban J connectivity index is 1.06. The normalized spacial score (nSPS) is 18.7. The van der Waals surface area contributed by atoms with Gasteiger partial charge in [-0.15, -0.1) is 0 Å². The van der Waals surface area contributed by atoms with E-state index >= 15 is 0 Å². The third-order valence-corrected chi connectivity index (χ3v) is 8.86. The molecule has 212 valence electrons. The third-order valence-electron chi connectivity index (χ3n) is 8.39. The van der Waals surface area contributed by atoms with Gasteiger partial charge in [0.1, 0.15) is 0 Å². The number of aliphatic hydroxyl groups is 2. The van der Waals surface area contributed by atoms with Crippen molar-refractivity contribution in [1.29, 1.82) is 0 Å². The number of hydrogen-bond acceptors (Lipinski definition) is 4. The van der Waals surface area contributed by atoms with Gasteiger partial charge in [-0.2, -0.15) is 0 Å². The van der Waals surface area contributed by atoms with E-state index in [0.717, 1.165) is 43.2 Å². The van der Waals surface area contributed by atoms with Crippen LogP contribution in [-0.2, 0) is 20.8 Å². The highest BCUT2D eigenvalue weighted by Crippen LogP contribution is 2.35. The summed E-state index contributed by atoms with van der Waals surface area (Å²) < 4.78 is 0. The van der Waals surface area contributed by atoms with Crippen LogP contribution < -0.4 is 0 Å². The lowest BCUT2D eigenvalue weighted by Crippen LogP contribution is -2.45. The number of halogens is 2. The fraction of sp³-hybridized carbons (Fsp3) is 0.548. The topological polar surface area (TPSA) is 81.1 Å². The van der Waals surface area contributed by atoms with Crippen molar-refractivity contribution in [1.82, 2.24) is 9.80 Å². The molecule has 0 radical (unpaired) electrons. The Morgan fingerprint density at radius 2 is 1.00 bits per heavy atom. The molecule has 0 aliphatic carbocycles. The Bertz CT molecular complexity index is 1040. The van der Waals surface area contributed by atoms with Crippen molar-refractivity contribution < 1.29 is 19.8 Å². The summed E-state index contributed by atoms with van der Waals surface area (Å²) in [7, 11) is 0. The second-order valence-electron chi connectivity index (χ2n) is 11.1. The molecule has 0 unspecified atom stereocenters. The number of unbranched alkanes of at least 4 members (excludes halogenated alkanes) is 4. The summed E-state index contributed by atoms with van der Waals surface area (Å²) in [6.07, 6.45) is 7.75. The molecule has 2 aromatic carbocycles. The number of hydrogen-bond donors (Lipinski definition) is 2. The molecule has 2 aliphatic heterocycles. The SMILES string of the molecule is O=C(CCCCCCCC(=O)N1CCC(O)(c2cccc(Cl)c2)CC1)N1CCC(O)(c2cccc(Cl)c2)CC1. The molecule has 0 spiro atoms. The van der Waals surface area contributed by atoms with E-state index in [0.29, 0.717) is 74.7 Å². The molecule has 8 heteroatoms. The van der Waals surface area contributed by atoms with Gasteiger partial charge in [-0.05, 0) is 73.9 Å². The molecule has 2 fully saturated rings. The number of carbonyl (C=O) groups is 2. The van der Waals surface area contributed by atoms with Crippen LogP contribution in [0.4, 0.5) is 0 Å². The van der Waals surface area contributed by atoms with Gasteiger partial charge in [-0.25, -0.2) is 0 Å². The van der Waals surface area contributed by atoms with Crippen molar-refractivity contribution in [3.63, 3.8) is 0 Å². The van der Waals surface area contributed by atoms with E-state index in [2.05, 4.69) is 0 Å². The minimum absolute atomic E-state index is 0.154. The number of amides is 2. The van der Waals surface area contributed by atoms with Gasteiger partial charge in [0.25, 0.3) is 0 Å². The monoisotopic (exact) mass is 574 g/mol. The van der Waals surface area contributed by atoms with Crippen molar-refractivity contribution >= 4 is 35.0 Å². The number of carbonyl (C=O) groups excluding carboxylic acids is 2. The number of rotatable bonds is 10. The van der Waals surface area contributed by atoms with Crippen LogP contribution in [0.5, 0.6) is 0 Å². The fourth-order valence-corrected chi connectivity index (χ4v) is 6.16. The zero-order valence-corrected chi connectivity index (χ0v) is 24.1. The molecule has 0 saturated carbocycles. The van der Waals surface area contributed by atoms with Gasteiger partial charge >= 0.3 is 0 Å². The summed E-state index contributed by atoms with van der Waals surface area (Å²) in [6, 6.07) is 14.7. The van der Waals surface area contributed by atoms with Gasteiger partial charge in [-0.1, -0.05) is 66.7 Å². The molecule has 2 aromatic rings. The maximum absolute atomic E-state index is 12.7. The van der Waals surface area contributed by atoms with Gasteiger partial charge < -0.3 is 20.0 Å². The zero-order chi connectivity index (χ0) is 27.9. The molecule has 2 heterocycles. The summed E-state index contributed by atoms with van der Waals surface area (Å²) in [6.45, 7) is 2.21. The van der Waals surface area contributed by atoms with Gasteiger partial charge in [0, 0.05) is 49.1 Å². The van der Waals surface area contributed by atoms with Crippen molar-refractivity contribution in [3.05, 3.63) is 69.7 Å². The summed E-state index contributed by atoms with van der Waals surface area (Å²) in [5.41, 5.74) is -0.213. The van der Waals surface area contributed by atoms with Gasteiger partial charge in [0.15, 0.2) is 0 Å². The lowest BCUT2D eigenvalue weighted by Gasteiger charge is -2.38. The number of likely N-dealkylation sites (tertiary alicyclic amines) is 2. The predicted octanol–water partition coefficient (Wildman–Crippen LogP) is 6.04. The van der Waals surface area contributed by atoms with Crippen LogP contribution in [0.15, 0.2) is 48.5 Å². The molecular weight excluding hydrogens is 535 g/mol. The smallest absolute Gasteiger partial charge is 0.222 e. The first kappa shape index (κ1) is 29.9. The molecule has 2 aliphatic rings. The van der Waals surface area contributed by atoms with Crippen LogP contribution >= 0.6 is 23.2 Å². The second kappa shape index (κ2) is 13.5. The van der Waals surface area contributed by atoms with Crippen molar-refractivity contribution in [2.45, 2.75) is 81.8 Å². The number of piperidine rings is 2. The standard InChI is InChI=1S/C31H40Cl2N2O4/c32-26-10-6-8-24(22-26)30(38)14-18-34(19-15-30)28(36)12-4-2-1-3-5-13-29(37)35-20-16-31(39,17-21-35)25-9-7-11-27(33)23-25/h6-11,22-23,38-39H,1-5,12-21H2. The highest BCUT2D eigenvalue weighted by atomic mass is 35.5. The highest BCUT2D eigenvalue weighted by molar-refractivity contribution is 6.30. The molecule has 2 N–H and O–H groups in total. The van der Waals surface area contributed by atoms with Crippen LogP contribution in [-0.4, -0.2) is 58.0 Å². The largest absolute Gasteiger partial charge is 0.385 e. The molecular formula is C31H40Cl2N2O4. The summed E-state index contributed by atoms with van der Waals surface area (Å²) >= 11 is 12.2. The van der Waals surface area contributed by atoms with Crippen LogP contribution in [0.1, 0.15) is 81.8 Å². The Morgan fingerprint density at radius 3 is 1.36 bits per heavy atom. The minimum atomic E-state index is -0.926. The van der Waals surface area contributed by atoms with Gasteiger partial charge in [0.05, 0.1) is 11.2 Å². The maximum atomic E-state index is 12.7. The number of nitrogens with zero attached hydrogens (tertiary/aromatic N) is 2. The van der Waals surface area contributed by atoms with Gasteiger partial charge in [-0.3, -0.25) is 9.59 Å². The molecule has 0 bridgehead atoms. The van der Waals surface area contributed by atoms with Crippen LogP contribution in [0, 0.1) is 0 Å². The van der Waals surface area contributed by atoms with E-state index in [1.807, 2.05) is 34.1 Å². The molecule has 2 saturated heterocycles. The first-order chi connectivity index (χ1) is 18.7. The molecule has 0 aromatic heterocycles. The molecule has 2 amide bonds. The van der Waals surface area contributed by atoms with Crippen molar-refractivity contribution in [2.24, 2.45) is 0 Å². The average molecular weight is 576 g/mol. The van der Waals surface area contributed by atoms with E-state index in [1.165, 1.54) is 0 Å². The van der Waals surface area contributed by atoms with E-state index in [4.69, 9.17) is 23.2 Å². The Hall–Kier alpha value is -2.12.